The van der Waals surface area contributed by atoms with E-state index < -0.39 is 0 Å². The molecular weight excluding hydrogens is 350 g/mol. The van der Waals surface area contributed by atoms with Gasteiger partial charge in [-0.05, 0) is 31.2 Å². The van der Waals surface area contributed by atoms with E-state index in [0.29, 0.717) is 5.92 Å². The maximum Gasteiger partial charge on any atom is 0.307 e. The van der Waals surface area contributed by atoms with E-state index in [4.69, 9.17) is 4.74 Å². The zero-order chi connectivity index (χ0) is 19.3. The quantitative estimate of drug-likeness (QED) is 0.717. The van der Waals surface area contributed by atoms with Crippen LogP contribution in [0.15, 0.2) is 17.5 Å². The number of carbonyl (C=O) groups excluding carboxylic acids is 2. The number of hydrogen-bond acceptors (Lipinski definition) is 5. The van der Waals surface area contributed by atoms with Gasteiger partial charge in [-0.15, -0.1) is 11.3 Å². The van der Waals surface area contributed by atoms with Gasteiger partial charge in [-0.3, -0.25) is 14.3 Å². The summed E-state index contributed by atoms with van der Waals surface area (Å²) in [6.07, 6.45) is 0.367. The van der Waals surface area contributed by atoms with Crippen LogP contribution in [0.1, 0.15) is 48.1 Å². The van der Waals surface area contributed by atoms with Gasteiger partial charge in [-0.2, -0.15) is 5.10 Å². The molecule has 0 aliphatic heterocycles. The molecule has 142 valence electrons. The third-order valence-electron chi connectivity index (χ3n) is 4.23. The Morgan fingerprint density at radius 2 is 2.08 bits per heavy atom. The van der Waals surface area contributed by atoms with Crippen LogP contribution in [0.25, 0.3) is 0 Å². The van der Waals surface area contributed by atoms with E-state index in [1.54, 1.807) is 0 Å². The van der Waals surface area contributed by atoms with Gasteiger partial charge in [0.2, 0.25) is 5.91 Å². The van der Waals surface area contributed by atoms with Crippen molar-refractivity contribution >= 4 is 23.2 Å². The zero-order valence-electron chi connectivity index (χ0n) is 16.0. The minimum absolute atomic E-state index is 0.118. The maximum absolute atomic E-state index is 12.6. The third-order valence-corrected chi connectivity index (χ3v) is 5.21. The molecule has 0 aromatic carbocycles. The minimum atomic E-state index is -0.374. The monoisotopic (exact) mass is 377 g/mol. The van der Waals surface area contributed by atoms with Crippen molar-refractivity contribution < 1.29 is 14.3 Å². The van der Waals surface area contributed by atoms with Gasteiger partial charge >= 0.3 is 5.97 Å². The molecule has 2 heterocycles. The van der Waals surface area contributed by atoms with Crippen LogP contribution >= 0.6 is 11.3 Å². The van der Waals surface area contributed by atoms with Gasteiger partial charge in [0.1, 0.15) is 0 Å². The minimum Gasteiger partial charge on any atom is -0.469 e. The van der Waals surface area contributed by atoms with E-state index in [1.165, 1.54) is 18.4 Å². The summed E-state index contributed by atoms with van der Waals surface area (Å²) in [6.45, 7) is 9.03. The number of hydrogen-bond donors (Lipinski definition) is 1. The molecular formula is C19H27N3O3S. The third kappa shape index (κ3) is 5.17. The summed E-state index contributed by atoms with van der Waals surface area (Å²) in [4.78, 5) is 25.3. The smallest absolute Gasteiger partial charge is 0.307 e. The van der Waals surface area contributed by atoms with Crippen LogP contribution in [0.4, 0.5) is 0 Å². The van der Waals surface area contributed by atoms with E-state index in [2.05, 4.69) is 24.3 Å². The van der Waals surface area contributed by atoms with E-state index in [1.807, 2.05) is 36.0 Å². The number of nitrogens with zero attached hydrogens (tertiary/aromatic N) is 2. The predicted octanol–water partition coefficient (Wildman–Crippen LogP) is 3.18. The Hall–Kier alpha value is -2.15. The number of nitrogens with one attached hydrogen (secondary N) is 1. The van der Waals surface area contributed by atoms with E-state index in [9.17, 15) is 9.59 Å². The highest BCUT2D eigenvalue weighted by atomic mass is 32.1. The van der Waals surface area contributed by atoms with Gasteiger partial charge < -0.3 is 10.1 Å². The lowest BCUT2D eigenvalue weighted by Crippen LogP contribution is -2.31. The normalized spacial score (nSPS) is 12.2. The molecule has 0 fully saturated rings. The van der Waals surface area contributed by atoms with Gasteiger partial charge in [0.15, 0.2) is 0 Å². The molecule has 1 unspecified atom stereocenters. The highest BCUT2D eigenvalue weighted by Gasteiger charge is 2.22. The molecule has 2 rings (SSSR count). The lowest BCUT2D eigenvalue weighted by molar-refractivity contribution is -0.141. The molecule has 1 N–H and O–H groups in total. The van der Waals surface area contributed by atoms with E-state index in [0.717, 1.165) is 28.4 Å². The molecule has 2 aromatic heterocycles. The van der Waals surface area contributed by atoms with Crippen LogP contribution in [0.5, 0.6) is 0 Å². The summed E-state index contributed by atoms with van der Waals surface area (Å²) in [5.74, 6) is 0.0151. The van der Waals surface area contributed by atoms with Crippen LogP contribution in [0.2, 0.25) is 0 Å². The number of aryl methyl sites for hydroxylation is 1. The Labute approximate surface area is 158 Å². The largest absolute Gasteiger partial charge is 0.469 e. The molecule has 0 radical (unpaired) electrons. The van der Waals surface area contributed by atoms with Crippen molar-refractivity contribution in [2.24, 2.45) is 5.92 Å². The summed E-state index contributed by atoms with van der Waals surface area (Å²) in [7, 11) is 1.35. The predicted molar refractivity (Wildman–Crippen MR) is 102 cm³/mol. The Morgan fingerprint density at radius 1 is 1.35 bits per heavy atom. The first-order chi connectivity index (χ1) is 12.3. The van der Waals surface area contributed by atoms with Crippen molar-refractivity contribution in [3.8, 4) is 0 Å². The number of rotatable bonds is 8. The summed E-state index contributed by atoms with van der Waals surface area (Å²) >= 11 is 1.51. The summed E-state index contributed by atoms with van der Waals surface area (Å²) in [5.41, 5.74) is 2.84. The number of carbonyl (C=O) groups is 2. The zero-order valence-corrected chi connectivity index (χ0v) is 16.9. The summed E-state index contributed by atoms with van der Waals surface area (Å²) < 4.78 is 6.72. The maximum atomic E-state index is 12.6. The van der Waals surface area contributed by atoms with Crippen molar-refractivity contribution in [3.05, 3.63) is 39.3 Å². The fourth-order valence-electron chi connectivity index (χ4n) is 2.88. The molecule has 1 atom stereocenters. The van der Waals surface area contributed by atoms with Gasteiger partial charge in [0.25, 0.3) is 0 Å². The second-order valence-electron chi connectivity index (χ2n) is 6.82. The van der Waals surface area contributed by atoms with Crippen LogP contribution in [-0.2, 0) is 27.3 Å². The Balaban J connectivity index is 2.11. The molecule has 0 bridgehead atoms. The molecule has 0 saturated heterocycles. The first-order valence-electron chi connectivity index (χ1n) is 8.74. The topological polar surface area (TPSA) is 73.2 Å². The van der Waals surface area contributed by atoms with E-state index in [-0.39, 0.29) is 30.8 Å². The van der Waals surface area contributed by atoms with Gasteiger partial charge in [0, 0.05) is 22.7 Å². The Morgan fingerprint density at radius 3 is 2.65 bits per heavy atom. The van der Waals surface area contributed by atoms with Gasteiger partial charge in [-0.1, -0.05) is 19.9 Å². The van der Waals surface area contributed by atoms with Crippen LogP contribution in [0, 0.1) is 19.8 Å². The lowest BCUT2D eigenvalue weighted by atomic mass is 10.1. The molecule has 0 aliphatic rings. The first-order valence-corrected chi connectivity index (χ1v) is 9.62. The van der Waals surface area contributed by atoms with Crippen molar-refractivity contribution in [1.29, 1.82) is 0 Å². The fraction of sp³-hybridized carbons (Fsp3) is 0.526. The highest BCUT2D eigenvalue weighted by Crippen LogP contribution is 2.23. The molecule has 0 spiro atoms. The standard InChI is InChI=1S/C19H27N3O3S/c1-12(2)11-22-14(4)15(13(3)21-22)9-18(23)20-16(10-19(24)25-5)17-7-6-8-26-17/h6-8,12,16H,9-11H2,1-5H3,(H,20,23). The number of thiophene rings is 1. The Kier molecular flexibility index (Phi) is 6.97. The van der Waals surface area contributed by atoms with Crippen molar-refractivity contribution in [2.75, 3.05) is 7.11 Å². The molecule has 0 aliphatic carbocycles. The van der Waals surface area contributed by atoms with Crippen LogP contribution < -0.4 is 5.32 Å². The fourth-order valence-corrected chi connectivity index (χ4v) is 3.66. The molecule has 2 aromatic rings. The van der Waals surface area contributed by atoms with Crippen molar-refractivity contribution in [2.45, 2.75) is 53.1 Å². The molecule has 6 nitrogen and oxygen atoms in total. The van der Waals surface area contributed by atoms with E-state index >= 15 is 0 Å². The van der Waals surface area contributed by atoms with Gasteiger partial charge in [0.05, 0.1) is 31.7 Å². The van der Waals surface area contributed by atoms with Crippen LogP contribution in [0.3, 0.4) is 0 Å². The summed E-state index contributed by atoms with van der Waals surface area (Å²) in [5, 5.41) is 9.46. The van der Waals surface area contributed by atoms with Gasteiger partial charge in [-0.25, -0.2) is 0 Å². The number of aromatic nitrogens is 2. The number of ether oxygens (including phenoxy) is 1. The number of methoxy groups -OCH3 is 1. The molecule has 0 saturated carbocycles. The average molecular weight is 378 g/mol. The number of amides is 1. The Bertz CT molecular complexity index is 750. The lowest BCUT2D eigenvalue weighted by Gasteiger charge is -2.16. The number of esters is 1. The summed E-state index contributed by atoms with van der Waals surface area (Å²) in [6, 6.07) is 3.44. The molecule has 26 heavy (non-hydrogen) atoms. The van der Waals surface area contributed by atoms with Crippen molar-refractivity contribution in [1.82, 2.24) is 15.1 Å². The molecule has 1 amide bonds. The van der Waals surface area contributed by atoms with Crippen molar-refractivity contribution in [3.63, 3.8) is 0 Å². The second-order valence-corrected chi connectivity index (χ2v) is 7.80. The average Bonchev–Trinajstić information content (AvgIpc) is 3.18. The first kappa shape index (κ1) is 20.2. The SMILES string of the molecule is COC(=O)CC(NC(=O)Cc1c(C)nn(CC(C)C)c1C)c1cccs1. The second kappa shape index (κ2) is 8.98. The highest BCUT2D eigenvalue weighted by molar-refractivity contribution is 7.10. The molecule has 7 heteroatoms. The van der Waals surface area contributed by atoms with Crippen LogP contribution in [-0.4, -0.2) is 28.8 Å².